The first kappa shape index (κ1) is 12.8. The second-order valence-electron chi connectivity index (χ2n) is 3.17. The molecule has 0 saturated carbocycles. The molecule has 1 aromatic rings. The van der Waals surface area contributed by atoms with E-state index in [1.807, 2.05) is 0 Å². The van der Waals surface area contributed by atoms with Crippen molar-refractivity contribution < 1.29 is 22.3 Å². The van der Waals surface area contributed by atoms with Crippen LogP contribution in [-0.2, 0) is 6.42 Å². The zero-order valence-electron chi connectivity index (χ0n) is 8.35. The number of halogens is 4. The van der Waals surface area contributed by atoms with Crippen LogP contribution in [0.5, 0.6) is 5.75 Å². The molecule has 1 aromatic carbocycles. The van der Waals surface area contributed by atoms with Crippen LogP contribution < -0.4 is 10.5 Å². The van der Waals surface area contributed by atoms with Gasteiger partial charge in [-0.25, -0.2) is 4.39 Å². The van der Waals surface area contributed by atoms with Gasteiger partial charge in [0.05, 0.1) is 0 Å². The van der Waals surface area contributed by atoms with Gasteiger partial charge in [-0.1, -0.05) is 12.1 Å². The van der Waals surface area contributed by atoms with Gasteiger partial charge in [-0.05, 0) is 24.6 Å². The Balaban J connectivity index is 2.84. The van der Waals surface area contributed by atoms with Gasteiger partial charge in [-0.2, -0.15) is 13.2 Å². The molecule has 0 atom stereocenters. The lowest BCUT2D eigenvalue weighted by Crippen LogP contribution is -2.20. The molecule has 0 heterocycles. The van der Waals surface area contributed by atoms with Crippen molar-refractivity contribution in [2.24, 2.45) is 5.73 Å². The second-order valence-corrected chi connectivity index (χ2v) is 3.17. The van der Waals surface area contributed by atoms with Gasteiger partial charge in [0.15, 0.2) is 18.2 Å². The van der Waals surface area contributed by atoms with Crippen LogP contribution in [0.1, 0.15) is 5.56 Å². The van der Waals surface area contributed by atoms with Gasteiger partial charge in [-0.3, -0.25) is 0 Å². The van der Waals surface area contributed by atoms with Crippen molar-refractivity contribution in [1.29, 1.82) is 0 Å². The molecule has 0 fully saturated rings. The molecule has 0 aromatic heterocycles. The minimum absolute atomic E-state index is 0.214. The Bertz CT molecular complexity index is 351. The van der Waals surface area contributed by atoms with E-state index in [0.29, 0.717) is 5.56 Å². The summed E-state index contributed by atoms with van der Waals surface area (Å²) in [5, 5.41) is 0. The number of para-hydroxylation sites is 1. The van der Waals surface area contributed by atoms with E-state index in [1.165, 1.54) is 12.1 Å². The van der Waals surface area contributed by atoms with Crippen molar-refractivity contribution in [2.45, 2.75) is 12.6 Å². The highest BCUT2D eigenvalue weighted by molar-refractivity contribution is 5.35. The first-order valence-corrected chi connectivity index (χ1v) is 4.61. The molecule has 90 valence electrons. The molecule has 0 aliphatic rings. The molecule has 0 unspecified atom stereocenters. The average molecular weight is 237 g/mol. The molecule has 6 heteroatoms. The third-order valence-electron chi connectivity index (χ3n) is 1.84. The molecule has 0 amide bonds. The lowest BCUT2D eigenvalue weighted by molar-refractivity contribution is -0.153. The zero-order chi connectivity index (χ0) is 12.2. The van der Waals surface area contributed by atoms with Gasteiger partial charge >= 0.3 is 6.18 Å². The van der Waals surface area contributed by atoms with Crippen molar-refractivity contribution in [1.82, 2.24) is 0 Å². The van der Waals surface area contributed by atoms with Crippen LogP contribution >= 0.6 is 0 Å². The van der Waals surface area contributed by atoms with Gasteiger partial charge in [0.25, 0.3) is 0 Å². The number of rotatable bonds is 4. The molecule has 2 N–H and O–H groups in total. The maximum Gasteiger partial charge on any atom is 0.422 e. The van der Waals surface area contributed by atoms with E-state index in [2.05, 4.69) is 4.74 Å². The number of benzene rings is 1. The highest BCUT2D eigenvalue weighted by Crippen LogP contribution is 2.25. The van der Waals surface area contributed by atoms with E-state index in [1.54, 1.807) is 0 Å². The molecule has 0 saturated heterocycles. The monoisotopic (exact) mass is 237 g/mol. The predicted octanol–water partition coefficient (Wildman–Crippen LogP) is 2.27. The first-order valence-electron chi connectivity index (χ1n) is 4.61. The fraction of sp³-hybridized carbons (Fsp3) is 0.400. The average Bonchev–Trinajstić information content (AvgIpc) is 2.15. The SMILES string of the molecule is NCCc1cccc(F)c1OCC(F)(F)F. The lowest BCUT2D eigenvalue weighted by Gasteiger charge is -2.13. The van der Waals surface area contributed by atoms with E-state index in [-0.39, 0.29) is 18.7 Å². The van der Waals surface area contributed by atoms with Crippen LogP contribution in [0.15, 0.2) is 18.2 Å². The standard InChI is InChI=1S/C10H11F4NO/c11-8-3-1-2-7(4-5-15)9(8)16-6-10(12,13)14/h1-3H,4-6,15H2. The molecule has 1 rings (SSSR count). The quantitative estimate of drug-likeness (QED) is 0.815. The van der Waals surface area contributed by atoms with Crippen molar-refractivity contribution >= 4 is 0 Å². The Hall–Kier alpha value is -1.30. The molecule has 0 bridgehead atoms. The summed E-state index contributed by atoms with van der Waals surface area (Å²) in [6, 6.07) is 3.94. The second kappa shape index (κ2) is 5.16. The van der Waals surface area contributed by atoms with Crippen molar-refractivity contribution in [3.8, 4) is 5.75 Å². The van der Waals surface area contributed by atoms with E-state index >= 15 is 0 Å². The van der Waals surface area contributed by atoms with E-state index < -0.39 is 18.6 Å². The molecule has 0 spiro atoms. The van der Waals surface area contributed by atoms with Crippen molar-refractivity contribution in [2.75, 3.05) is 13.2 Å². The third-order valence-corrected chi connectivity index (χ3v) is 1.84. The lowest BCUT2D eigenvalue weighted by atomic mass is 10.1. The van der Waals surface area contributed by atoms with Crippen LogP contribution in [0.3, 0.4) is 0 Å². The smallest absolute Gasteiger partial charge is 0.422 e. The highest BCUT2D eigenvalue weighted by atomic mass is 19.4. The Labute approximate surface area is 90.0 Å². The number of ether oxygens (including phenoxy) is 1. The van der Waals surface area contributed by atoms with Gasteiger partial charge in [0.1, 0.15) is 0 Å². The predicted molar refractivity (Wildman–Crippen MR) is 50.7 cm³/mol. The molecular weight excluding hydrogens is 226 g/mol. The molecule has 0 radical (unpaired) electrons. The largest absolute Gasteiger partial charge is 0.481 e. The molecule has 16 heavy (non-hydrogen) atoms. The third kappa shape index (κ3) is 3.69. The van der Waals surface area contributed by atoms with E-state index in [0.717, 1.165) is 6.07 Å². The normalized spacial score (nSPS) is 11.6. The number of hydrogen-bond donors (Lipinski definition) is 1. The summed E-state index contributed by atoms with van der Waals surface area (Å²) >= 11 is 0. The number of alkyl halides is 3. The minimum Gasteiger partial charge on any atom is -0.481 e. The Morgan fingerprint density at radius 2 is 1.94 bits per heavy atom. The first-order chi connectivity index (χ1) is 7.44. The topological polar surface area (TPSA) is 35.2 Å². The molecule has 0 aliphatic heterocycles. The Kier molecular flexibility index (Phi) is 4.12. The maximum atomic E-state index is 13.2. The highest BCUT2D eigenvalue weighted by Gasteiger charge is 2.29. The van der Waals surface area contributed by atoms with Crippen LogP contribution in [-0.4, -0.2) is 19.3 Å². The Morgan fingerprint density at radius 3 is 2.50 bits per heavy atom. The molecule has 2 nitrogen and oxygen atoms in total. The summed E-state index contributed by atoms with van der Waals surface area (Å²) in [6.45, 7) is -1.29. The fourth-order valence-corrected chi connectivity index (χ4v) is 1.22. The van der Waals surface area contributed by atoms with Crippen LogP contribution in [0, 0.1) is 5.82 Å². The van der Waals surface area contributed by atoms with Crippen LogP contribution in [0.2, 0.25) is 0 Å². The Morgan fingerprint density at radius 1 is 1.25 bits per heavy atom. The minimum atomic E-state index is -4.48. The summed E-state index contributed by atoms with van der Waals surface area (Å²) < 4.78 is 53.4. The van der Waals surface area contributed by atoms with E-state index in [9.17, 15) is 17.6 Å². The number of nitrogens with two attached hydrogens (primary N) is 1. The summed E-state index contributed by atoms with van der Waals surface area (Å²) in [5.74, 6) is -1.18. The van der Waals surface area contributed by atoms with Crippen molar-refractivity contribution in [3.05, 3.63) is 29.6 Å². The molecular formula is C10H11F4NO. The van der Waals surface area contributed by atoms with Crippen LogP contribution in [0.25, 0.3) is 0 Å². The summed E-state index contributed by atoms with van der Waals surface area (Å²) in [7, 11) is 0. The van der Waals surface area contributed by atoms with Crippen LogP contribution in [0.4, 0.5) is 17.6 Å². The van der Waals surface area contributed by atoms with Gasteiger partial charge in [0, 0.05) is 0 Å². The number of hydrogen-bond acceptors (Lipinski definition) is 2. The summed E-state index contributed by atoms with van der Waals surface area (Å²) in [6.07, 6.45) is -4.22. The maximum absolute atomic E-state index is 13.2. The van der Waals surface area contributed by atoms with Crippen molar-refractivity contribution in [3.63, 3.8) is 0 Å². The fourth-order valence-electron chi connectivity index (χ4n) is 1.22. The van der Waals surface area contributed by atoms with Gasteiger partial charge in [0.2, 0.25) is 0 Å². The summed E-state index contributed by atoms with van der Waals surface area (Å²) in [4.78, 5) is 0. The van der Waals surface area contributed by atoms with E-state index in [4.69, 9.17) is 5.73 Å². The molecule has 0 aliphatic carbocycles. The summed E-state index contributed by atoms with van der Waals surface area (Å²) in [5.41, 5.74) is 5.60. The van der Waals surface area contributed by atoms with Gasteiger partial charge < -0.3 is 10.5 Å². The zero-order valence-corrected chi connectivity index (χ0v) is 8.35. The van der Waals surface area contributed by atoms with Gasteiger partial charge in [-0.15, -0.1) is 0 Å².